The number of carbonyl (C=O) groups is 3. The van der Waals surface area contributed by atoms with Crippen LogP contribution in [0.1, 0.15) is 65.5 Å². The van der Waals surface area contributed by atoms with Crippen LogP contribution in [0.5, 0.6) is 0 Å². The Kier molecular flexibility index (Phi) is 3.54. The number of cyclic esters (lactones) is 2. The van der Waals surface area contributed by atoms with Gasteiger partial charge in [0.25, 0.3) is 0 Å². The summed E-state index contributed by atoms with van der Waals surface area (Å²) in [5, 5.41) is 0. The van der Waals surface area contributed by atoms with Crippen molar-refractivity contribution < 1.29 is 42.5 Å². The van der Waals surface area contributed by atoms with E-state index in [1.54, 1.807) is 19.3 Å². The lowest BCUT2D eigenvalue weighted by molar-refractivity contribution is -0.349. The van der Waals surface area contributed by atoms with Crippen molar-refractivity contribution in [1.82, 2.24) is 0 Å². The summed E-state index contributed by atoms with van der Waals surface area (Å²) in [6.07, 6.45) is 5.10. The molecule has 5 saturated heterocycles. The fraction of sp³-hybridized carbons (Fsp3) is 0.654. The molecule has 7 aliphatic rings. The summed E-state index contributed by atoms with van der Waals surface area (Å²) in [4.78, 5) is 40.4. The third-order valence-corrected chi connectivity index (χ3v) is 10.1. The highest BCUT2D eigenvalue weighted by molar-refractivity contribution is 5.92. The quantitative estimate of drug-likeness (QED) is 0.438. The van der Waals surface area contributed by atoms with Crippen LogP contribution in [0.3, 0.4) is 0 Å². The van der Waals surface area contributed by atoms with E-state index < -0.39 is 57.4 Å². The zero-order valence-corrected chi connectivity index (χ0v) is 20.3. The lowest BCUT2D eigenvalue weighted by Crippen LogP contribution is -2.77. The molecular formula is C26H28O9. The molecule has 9 heteroatoms. The molecule has 7 heterocycles. The molecule has 1 saturated carbocycles. The van der Waals surface area contributed by atoms with Crippen molar-refractivity contribution in [3.05, 3.63) is 36.0 Å². The fourth-order valence-electron chi connectivity index (χ4n) is 8.43. The monoisotopic (exact) mass is 484 g/mol. The number of carbonyl (C=O) groups excluding carboxylic acids is 3. The maximum atomic E-state index is 14.2. The number of esters is 3. The molecule has 2 spiro atoms. The van der Waals surface area contributed by atoms with Gasteiger partial charge in [-0.2, -0.15) is 0 Å². The molecule has 0 N–H and O–H groups in total. The summed E-state index contributed by atoms with van der Waals surface area (Å²) in [5.41, 5.74) is -5.48. The number of fused-ring (bicyclic) bond motifs is 2. The number of ether oxygens (including phenoxy) is 5. The molecule has 35 heavy (non-hydrogen) atoms. The Balaban J connectivity index is 1.53. The summed E-state index contributed by atoms with van der Waals surface area (Å²) in [6.45, 7) is 9.16. The van der Waals surface area contributed by atoms with Gasteiger partial charge in [-0.25, -0.2) is 9.59 Å². The molecule has 8 unspecified atom stereocenters. The highest BCUT2D eigenvalue weighted by atomic mass is 16.8. The van der Waals surface area contributed by atoms with Gasteiger partial charge in [-0.3, -0.25) is 4.79 Å². The van der Waals surface area contributed by atoms with Crippen LogP contribution >= 0.6 is 0 Å². The van der Waals surface area contributed by atoms with Crippen molar-refractivity contribution in [2.24, 2.45) is 22.7 Å². The molecule has 1 aromatic heterocycles. The van der Waals surface area contributed by atoms with Gasteiger partial charge in [0, 0.05) is 24.8 Å². The molecule has 8 rings (SSSR count). The van der Waals surface area contributed by atoms with Gasteiger partial charge in [0.2, 0.25) is 11.4 Å². The van der Waals surface area contributed by atoms with E-state index in [9.17, 15) is 14.4 Å². The standard InChI is InChI=1S/C26H28O9/c1-21(2)14-11-25(32-15(14)10-17(27)33-21)23(4)16-6-8-22(3)18(13-7-9-30-12-13)31-20(29)26(22,25)35-24(16,5)34-19(23)28/h7,9-10,12,14,16,18H,6,8,11H2,1-5H3. The van der Waals surface area contributed by atoms with Crippen LogP contribution < -0.4 is 0 Å². The van der Waals surface area contributed by atoms with Crippen molar-refractivity contribution in [2.75, 3.05) is 0 Å². The molecule has 9 nitrogen and oxygen atoms in total. The number of hydrogen-bond donors (Lipinski definition) is 0. The van der Waals surface area contributed by atoms with Crippen LogP contribution in [0.2, 0.25) is 0 Å². The van der Waals surface area contributed by atoms with Crippen molar-refractivity contribution in [3.8, 4) is 0 Å². The molecular weight excluding hydrogens is 456 g/mol. The largest absolute Gasteiger partial charge is 0.486 e. The maximum Gasteiger partial charge on any atom is 0.344 e. The van der Waals surface area contributed by atoms with Crippen LogP contribution in [-0.4, -0.2) is 40.5 Å². The second-order valence-electron chi connectivity index (χ2n) is 12.0. The van der Waals surface area contributed by atoms with Crippen LogP contribution in [0.15, 0.2) is 34.8 Å². The van der Waals surface area contributed by atoms with Gasteiger partial charge in [0.1, 0.15) is 22.9 Å². The number of rotatable bonds is 1. The molecule has 0 amide bonds. The van der Waals surface area contributed by atoms with Crippen molar-refractivity contribution in [1.29, 1.82) is 0 Å². The molecule has 1 aromatic rings. The van der Waals surface area contributed by atoms with Gasteiger partial charge < -0.3 is 28.1 Å². The van der Waals surface area contributed by atoms with E-state index in [1.807, 2.05) is 27.7 Å². The lowest BCUT2D eigenvalue weighted by Gasteiger charge is -2.58. The maximum absolute atomic E-state index is 14.2. The Labute approximate surface area is 202 Å². The van der Waals surface area contributed by atoms with E-state index in [1.165, 1.54) is 12.3 Å². The first-order chi connectivity index (χ1) is 16.3. The summed E-state index contributed by atoms with van der Waals surface area (Å²) < 4.78 is 36.6. The fourth-order valence-corrected chi connectivity index (χ4v) is 8.43. The van der Waals surface area contributed by atoms with E-state index in [-0.39, 0.29) is 18.3 Å². The molecule has 6 aliphatic heterocycles. The van der Waals surface area contributed by atoms with E-state index in [4.69, 9.17) is 28.1 Å². The third-order valence-electron chi connectivity index (χ3n) is 10.1. The van der Waals surface area contributed by atoms with Gasteiger partial charge in [0.05, 0.1) is 29.9 Å². The van der Waals surface area contributed by atoms with Gasteiger partial charge in [0.15, 0.2) is 5.60 Å². The van der Waals surface area contributed by atoms with Gasteiger partial charge >= 0.3 is 17.9 Å². The number of furan rings is 1. The lowest BCUT2D eigenvalue weighted by atomic mass is 9.51. The first-order valence-corrected chi connectivity index (χ1v) is 12.2. The third kappa shape index (κ3) is 2.00. The van der Waals surface area contributed by atoms with Crippen molar-refractivity contribution in [2.45, 2.75) is 82.6 Å². The molecule has 6 fully saturated rings. The highest BCUT2D eigenvalue weighted by Gasteiger charge is 2.93. The molecule has 0 aromatic carbocycles. The Morgan fingerprint density at radius 2 is 1.74 bits per heavy atom. The molecule has 4 bridgehead atoms. The zero-order valence-electron chi connectivity index (χ0n) is 20.3. The molecule has 186 valence electrons. The van der Waals surface area contributed by atoms with E-state index in [0.29, 0.717) is 24.2 Å². The number of hydrogen-bond acceptors (Lipinski definition) is 9. The van der Waals surface area contributed by atoms with Gasteiger partial charge in [-0.05, 0) is 39.7 Å². The Morgan fingerprint density at radius 3 is 2.46 bits per heavy atom. The van der Waals surface area contributed by atoms with Crippen LogP contribution in [0, 0.1) is 22.7 Å². The minimum absolute atomic E-state index is 0.236. The van der Waals surface area contributed by atoms with Crippen molar-refractivity contribution in [3.63, 3.8) is 0 Å². The summed E-state index contributed by atoms with van der Waals surface area (Å²) in [7, 11) is 0. The predicted molar refractivity (Wildman–Crippen MR) is 115 cm³/mol. The van der Waals surface area contributed by atoms with E-state index in [2.05, 4.69) is 0 Å². The van der Waals surface area contributed by atoms with Crippen LogP contribution in [0.4, 0.5) is 0 Å². The van der Waals surface area contributed by atoms with Crippen LogP contribution in [0.25, 0.3) is 0 Å². The average molecular weight is 485 g/mol. The summed E-state index contributed by atoms with van der Waals surface area (Å²) in [6, 6.07) is 1.78. The summed E-state index contributed by atoms with van der Waals surface area (Å²) in [5.74, 6) is -3.23. The topological polar surface area (TPSA) is 110 Å². The molecule has 8 atom stereocenters. The van der Waals surface area contributed by atoms with E-state index >= 15 is 0 Å². The van der Waals surface area contributed by atoms with Crippen LogP contribution in [-0.2, 0) is 38.1 Å². The van der Waals surface area contributed by atoms with E-state index in [0.717, 1.165) is 0 Å². The predicted octanol–water partition coefficient (Wildman–Crippen LogP) is 3.34. The van der Waals surface area contributed by atoms with Gasteiger partial charge in [-0.15, -0.1) is 0 Å². The second kappa shape index (κ2) is 5.77. The minimum Gasteiger partial charge on any atom is -0.486 e. The average Bonchev–Trinajstić information content (AvgIpc) is 3.46. The van der Waals surface area contributed by atoms with Crippen molar-refractivity contribution >= 4 is 17.9 Å². The first-order valence-electron chi connectivity index (χ1n) is 12.2. The molecule has 1 aliphatic carbocycles. The van der Waals surface area contributed by atoms with Gasteiger partial charge in [-0.1, -0.05) is 6.92 Å². The first kappa shape index (κ1) is 21.5. The molecule has 0 radical (unpaired) electrons. The smallest absolute Gasteiger partial charge is 0.344 e. The minimum atomic E-state index is -1.68. The summed E-state index contributed by atoms with van der Waals surface area (Å²) >= 11 is 0. The second-order valence-corrected chi connectivity index (χ2v) is 12.0. The Hall–Kier alpha value is -2.81. The highest BCUT2D eigenvalue weighted by Crippen LogP contribution is 2.78. The Bertz CT molecular complexity index is 1230. The Morgan fingerprint density at radius 1 is 0.971 bits per heavy atom. The SMILES string of the molecule is CC1(C)OC(=O)C=C2OC3(CC21)C1(C)C(=O)OC2(C)OC34C(=O)OC(c3ccoc3)C4(C)CCC21. The normalized spacial score (nSPS) is 50.6. The zero-order chi connectivity index (χ0) is 24.8.